The summed E-state index contributed by atoms with van der Waals surface area (Å²) in [6.07, 6.45) is -5.63. The second-order valence-electron chi connectivity index (χ2n) is 2.94. The van der Waals surface area contributed by atoms with E-state index in [9.17, 15) is 10.2 Å². The van der Waals surface area contributed by atoms with E-state index in [4.69, 9.17) is 19.7 Å². The molecule has 0 aromatic rings. The zero-order valence-corrected chi connectivity index (χ0v) is 7.20. The van der Waals surface area contributed by atoms with Crippen LogP contribution in [0.1, 0.15) is 0 Å². The molecule has 1 rings (SSSR count). The van der Waals surface area contributed by atoms with Gasteiger partial charge in [-0.15, -0.1) is 0 Å². The quantitative estimate of drug-likeness (QED) is 0.394. The number of aliphatic hydroxyl groups excluding tert-OH is 4. The van der Waals surface area contributed by atoms with Gasteiger partial charge >= 0.3 is 0 Å². The van der Waals surface area contributed by atoms with Crippen LogP contribution < -0.4 is 0 Å². The number of aliphatic hydroxyl groups is 4. The Kier molecular flexibility index (Phi) is 3.60. The van der Waals surface area contributed by atoms with Crippen LogP contribution in [0.3, 0.4) is 0 Å². The van der Waals surface area contributed by atoms with Gasteiger partial charge in [-0.05, 0) is 0 Å². The molecule has 1 unspecified atom stereocenters. The molecule has 0 spiro atoms. The topological polar surface area (TPSA) is 99.4 Å². The fraction of sp³-hybridized carbons (Fsp3) is 1.00. The Morgan fingerprint density at radius 1 is 1.38 bits per heavy atom. The first-order valence-corrected chi connectivity index (χ1v) is 3.95. The van der Waals surface area contributed by atoms with Gasteiger partial charge in [0, 0.05) is 7.11 Å². The summed E-state index contributed by atoms with van der Waals surface area (Å²) in [7, 11) is 1.31. The van der Waals surface area contributed by atoms with Gasteiger partial charge in [0.05, 0.1) is 6.61 Å². The molecular weight excluding hydrogens is 180 g/mol. The highest BCUT2D eigenvalue weighted by molar-refractivity contribution is 4.90. The largest absolute Gasteiger partial charge is 0.394 e. The molecule has 6 heteroatoms. The maximum absolute atomic E-state index is 9.33. The molecule has 0 amide bonds. The molecule has 0 radical (unpaired) electrons. The number of methoxy groups -OCH3 is 1. The molecule has 78 valence electrons. The summed E-state index contributed by atoms with van der Waals surface area (Å²) in [5, 5.41) is 36.4. The van der Waals surface area contributed by atoms with Gasteiger partial charge < -0.3 is 29.9 Å². The zero-order valence-electron chi connectivity index (χ0n) is 7.20. The van der Waals surface area contributed by atoms with Crippen molar-refractivity contribution in [3.8, 4) is 0 Å². The minimum atomic E-state index is -1.24. The van der Waals surface area contributed by atoms with Crippen LogP contribution in [-0.4, -0.2) is 64.8 Å². The van der Waals surface area contributed by atoms with Gasteiger partial charge in [-0.1, -0.05) is 0 Å². The van der Waals surface area contributed by atoms with E-state index in [1.54, 1.807) is 0 Å². The summed E-state index contributed by atoms with van der Waals surface area (Å²) >= 11 is 0. The molecule has 1 fully saturated rings. The van der Waals surface area contributed by atoms with Gasteiger partial charge in [0.2, 0.25) is 0 Å². The SMILES string of the molecule is COC1O[C@@H]([C@@H](O)CO)[C@H](O)[C@H]1O. The van der Waals surface area contributed by atoms with Crippen LogP contribution >= 0.6 is 0 Å². The van der Waals surface area contributed by atoms with E-state index in [1.807, 2.05) is 0 Å². The zero-order chi connectivity index (χ0) is 10.0. The van der Waals surface area contributed by atoms with Crippen molar-refractivity contribution in [3.63, 3.8) is 0 Å². The molecule has 4 N–H and O–H groups in total. The molecule has 0 aromatic heterocycles. The first-order chi connectivity index (χ1) is 6.11. The number of hydrogen-bond acceptors (Lipinski definition) is 6. The Morgan fingerprint density at radius 3 is 2.38 bits per heavy atom. The second-order valence-corrected chi connectivity index (χ2v) is 2.94. The first kappa shape index (κ1) is 10.8. The van der Waals surface area contributed by atoms with Crippen molar-refractivity contribution in [1.82, 2.24) is 0 Å². The lowest BCUT2D eigenvalue weighted by atomic mass is 10.1. The van der Waals surface area contributed by atoms with Crippen molar-refractivity contribution in [1.29, 1.82) is 0 Å². The highest BCUT2D eigenvalue weighted by Gasteiger charge is 2.45. The van der Waals surface area contributed by atoms with Crippen LogP contribution in [0, 0.1) is 0 Å². The van der Waals surface area contributed by atoms with E-state index in [0.29, 0.717) is 0 Å². The normalized spacial score (nSPS) is 42.2. The van der Waals surface area contributed by atoms with Gasteiger partial charge in [0.15, 0.2) is 6.29 Å². The molecule has 0 aliphatic carbocycles. The van der Waals surface area contributed by atoms with Crippen LogP contribution in [0.15, 0.2) is 0 Å². The summed E-state index contributed by atoms with van der Waals surface area (Å²) in [5.41, 5.74) is 0. The van der Waals surface area contributed by atoms with E-state index in [-0.39, 0.29) is 0 Å². The van der Waals surface area contributed by atoms with Crippen molar-refractivity contribution in [2.24, 2.45) is 0 Å². The van der Waals surface area contributed by atoms with Crippen LogP contribution in [0.25, 0.3) is 0 Å². The number of rotatable bonds is 3. The Labute approximate surface area is 75.3 Å². The summed E-state index contributed by atoms with van der Waals surface area (Å²) < 4.78 is 9.65. The fourth-order valence-corrected chi connectivity index (χ4v) is 1.29. The molecule has 0 bridgehead atoms. The Balaban J connectivity index is 2.60. The molecule has 6 nitrogen and oxygen atoms in total. The standard InChI is InChI=1S/C7H14O6/c1-12-7-5(11)4(10)6(13-7)3(9)2-8/h3-11H,2H2,1H3/t3-,4+,5+,6-,7?/m0/s1. The smallest absolute Gasteiger partial charge is 0.186 e. The Hall–Kier alpha value is -0.240. The maximum Gasteiger partial charge on any atom is 0.186 e. The third kappa shape index (κ3) is 1.98. The highest BCUT2D eigenvalue weighted by atomic mass is 16.7. The van der Waals surface area contributed by atoms with Crippen LogP contribution in [-0.2, 0) is 9.47 Å². The molecule has 13 heavy (non-hydrogen) atoms. The fourth-order valence-electron chi connectivity index (χ4n) is 1.29. The monoisotopic (exact) mass is 194 g/mol. The van der Waals surface area contributed by atoms with E-state index in [1.165, 1.54) is 7.11 Å². The molecule has 0 saturated carbocycles. The lowest BCUT2D eigenvalue weighted by molar-refractivity contribution is -0.166. The average Bonchev–Trinajstić information content (AvgIpc) is 2.43. The molecular formula is C7H14O6. The minimum absolute atomic E-state index is 0.537. The van der Waals surface area contributed by atoms with Crippen LogP contribution in [0.2, 0.25) is 0 Å². The number of ether oxygens (including phenoxy) is 2. The average molecular weight is 194 g/mol. The van der Waals surface area contributed by atoms with E-state index < -0.39 is 37.3 Å². The van der Waals surface area contributed by atoms with Crippen LogP contribution in [0.5, 0.6) is 0 Å². The summed E-state index contributed by atoms with van der Waals surface area (Å²) in [5.74, 6) is 0. The highest BCUT2D eigenvalue weighted by Crippen LogP contribution is 2.23. The van der Waals surface area contributed by atoms with Crippen molar-refractivity contribution < 1.29 is 29.9 Å². The number of hydrogen-bond donors (Lipinski definition) is 4. The molecule has 0 aromatic carbocycles. The Bertz CT molecular complexity index is 163. The van der Waals surface area contributed by atoms with E-state index >= 15 is 0 Å². The minimum Gasteiger partial charge on any atom is -0.394 e. The van der Waals surface area contributed by atoms with E-state index in [2.05, 4.69) is 0 Å². The summed E-state index contributed by atoms with van der Waals surface area (Å²) in [4.78, 5) is 0. The molecule has 1 heterocycles. The predicted octanol–water partition coefficient (Wildman–Crippen LogP) is -2.57. The van der Waals surface area contributed by atoms with Gasteiger partial charge in [-0.2, -0.15) is 0 Å². The predicted molar refractivity (Wildman–Crippen MR) is 40.8 cm³/mol. The lowest BCUT2D eigenvalue weighted by Crippen LogP contribution is -2.40. The van der Waals surface area contributed by atoms with E-state index in [0.717, 1.165) is 0 Å². The van der Waals surface area contributed by atoms with Gasteiger partial charge in [-0.25, -0.2) is 0 Å². The van der Waals surface area contributed by atoms with Crippen molar-refractivity contribution in [2.75, 3.05) is 13.7 Å². The third-order valence-electron chi connectivity index (χ3n) is 2.06. The first-order valence-electron chi connectivity index (χ1n) is 3.95. The summed E-state index contributed by atoms with van der Waals surface area (Å²) in [6.45, 7) is -0.537. The van der Waals surface area contributed by atoms with Gasteiger partial charge in [-0.3, -0.25) is 0 Å². The molecule has 1 saturated heterocycles. The second kappa shape index (κ2) is 4.32. The lowest BCUT2D eigenvalue weighted by Gasteiger charge is -2.18. The van der Waals surface area contributed by atoms with Crippen molar-refractivity contribution >= 4 is 0 Å². The van der Waals surface area contributed by atoms with Gasteiger partial charge in [0.25, 0.3) is 0 Å². The van der Waals surface area contributed by atoms with Crippen molar-refractivity contribution in [2.45, 2.75) is 30.7 Å². The van der Waals surface area contributed by atoms with Gasteiger partial charge in [0.1, 0.15) is 24.4 Å². The molecule has 1 aliphatic heterocycles. The van der Waals surface area contributed by atoms with Crippen molar-refractivity contribution in [3.05, 3.63) is 0 Å². The third-order valence-corrected chi connectivity index (χ3v) is 2.06. The summed E-state index contributed by atoms with van der Waals surface area (Å²) in [6, 6.07) is 0. The van der Waals surface area contributed by atoms with Crippen LogP contribution in [0.4, 0.5) is 0 Å². The Morgan fingerprint density at radius 2 is 2.00 bits per heavy atom. The maximum atomic E-state index is 9.33. The molecule has 5 atom stereocenters. The molecule has 1 aliphatic rings.